The minimum Gasteiger partial charge on any atom is -0.313 e. The molecule has 1 aliphatic carbocycles. The van der Waals surface area contributed by atoms with Gasteiger partial charge in [0.25, 0.3) is 5.56 Å². The predicted octanol–water partition coefficient (Wildman–Crippen LogP) is 2.96. The van der Waals surface area contributed by atoms with Crippen molar-refractivity contribution in [3.63, 3.8) is 0 Å². The van der Waals surface area contributed by atoms with Crippen molar-refractivity contribution in [1.82, 2.24) is 29.5 Å². The van der Waals surface area contributed by atoms with E-state index < -0.39 is 11.2 Å². The smallest absolute Gasteiger partial charge is 0.313 e. The first-order valence-corrected chi connectivity index (χ1v) is 10.4. The van der Waals surface area contributed by atoms with E-state index in [1.165, 1.54) is 16.5 Å². The molecule has 1 aliphatic rings. The number of aryl methyl sites for hydroxylation is 1. The van der Waals surface area contributed by atoms with Crippen LogP contribution in [0.2, 0.25) is 0 Å². The highest BCUT2D eigenvalue weighted by molar-refractivity contribution is 7.18. The molecule has 6 rings (SSSR count). The molecular formula is C21H16N6O2S. The van der Waals surface area contributed by atoms with E-state index in [9.17, 15) is 9.59 Å². The van der Waals surface area contributed by atoms with Crippen LogP contribution in [0.1, 0.15) is 34.4 Å². The Morgan fingerprint density at radius 1 is 1.20 bits per heavy atom. The summed E-state index contributed by atoms with van der Waals surface area (Å²) in [5, 5.41) is 5.58. The fraction of sp³-hybridized carbons (Fsp3) is 0.190. The first-order chi connectivity index (χ1) is 14.6. The summed E-state index contributed by atoms with van der Waals surface area (Å²) in [6, 6.07) is 8.43. The van der Waals surface area contributed by atoms with Crippen LogP contribution in [0.15, 0.2) is 52.4 Å². The maximum Gasteiger partial charge on any atom is 0.325 e. The lowest BCUT2D eigenvalue weighted by molar-refractivity contribution is 0.906. The number of rotatable bonds is 3. The van der Waals surface area contributed by atoms with Crippen molar-refractivity contribution in [2.24, 2.45) is 0 Å². The Kier molecular flexibility index (Phi) is 3.57. The van der Waals surface area contributed by atoms with Crippen LogP contribution in [0.5, 0.6) is 0 Å². The van der Waals surface area contributed by atoms with E-state index in [2.05, 4.69) is 43.2 Å². The lowest BCUT2D eigenvalue weighted by Gasteiger charge is -2.07. The van der Waals surface area contributed by atoms with E-state index in [1.54, 1.807) is 28.2 Å². The molecule has 1 fully saturated rings. The monoisotopic (exact) mass is 416 g/mol. The second-order valence-corrected chi connectivity index (χ2v) is 8.81. The van der Waals surface area contributed by atoms with E-state index in [4.69, 9.17) is 0 Å². The number of hydrogen-bond donors (Lipinski definition) is 2. The molecule has 0 radical (unpaired) electrons. The van der Waals surface area contributed by atoms with Crippen molar-refractivity contribution < 1.29 is 0 Å². The van der Waals surface area contributed by atoms with Crippen molar-refractivity contribution in [2.45, 2.75) is 25.2 Å². The van der Waals surface area contributed by atoms with Crippen molar-refractivity contribution >= 4 is 27.2 Å². The summed E-state index contributed by atoms with van der Waals surface area (Å²) in [5.74, 6) is 0.664. The van der Waals surface area contributed by atoms with Gasteiger partial charge in [-0.05, 0) is 48.9 Å². The Bertz CT molecular complexity index is 1560. The zero-order chi connectivity index (χ0) is 20.4. The lowest BCUT2D eigenvalue weighted by atomic mass is 10.0. The van der Waals surface area contributed by atoms with E-state index in [-0.39, 0.29) is 5.92 Å². The molecule has 0 aliphatic heterocycles. The molecule has 30 heavy (non-hydrogen) atoms. The molecule has 2 atom stereocenters. The molecule has 0 unspecified atom stereocenters. The summed E-state index contributed by atoms with van der Waals surface area (Å²) in [4.78, 5) is 37.5. The van der Waals surface area contributed by atoms with Crippen LogP contribution in [0.3, 0.4) is 0 Å². The predicted molar refractivity (Wildman–Crippen MR) is 114 cm³/mol. The zero-order valence-electron chi connectivity index (χ0n) is 15.9. The van der Waals surface area contributed by atoms with Gasteiger partial charge in [-0.2, -0.15) is 5.10 Å². The Morgan fingerprint density at radius 2 is 2.10 bits per heavy atom. The number of aromatic amines is 2. The third-order valence-corrected chi connectivity index (χ3v) is 6.57. The van der Waals surface area contributed by atoms with Gasteiger partial charge in [0, 0.05) is 24.2 Å². The van der Waals surface area contributed by atoms with E-state index in [0.717, 1.165) is 28.2 Å². The first-order valence-electron chi connectivity index (χ1n) is 9.60. The van der Waals surface area contributed by atoms with Gasteiger partial charge in [0.05, 0.1) is 26.5 Å². The lowest BCUT2D eigenvalue weighted by Crippen LogP contribution is -2.23. The molecule has 0 bridgehead atoms. The molecule has 8 nitrogen and oxygen atoms in total. The normalized spacial score (nSPS) is 18.3. The number of benzene rings is 1. The Balaban J connectivity index is 1.44. The van der Waals surface area contributed by atoms with Crippen LogP contribution in [-0.4, -0.2) is 29.5 Å². The van der Waals surface area contributed by atoms with Gasteiger partial charge in [0.2, 0.25) is 0 Å². The summed E-state index contributed by atoms with van der Waals surface area (Å²) in [7, 11) is 0. The van der Waals surface area contributed by atoms with Crippen LogP contribution < -0.4 is 11.2 Å². The van der Waals surface area contributed by atoms with Crippen molar-refractivity contribution in [2.75, 3.05) is 0 Å². The molecule has 2 N–H and O–H groups in total. The second kappa shape index (κ2) is 6.20. The number of H-pyrrole nitrogens is 2. The van der Waals surface area contributed by atoms with Crippen molar-refractivity contribution in [3.05, 3.63) is 79.8 Å². The summed E-state index contributed by atoms with van der Waals surface area (Å²) >= 11 is 1.70. The molecule has 4 heterocycles. The third kappa shape index (κ3) is 2.70. The molecular weight excluding hydrogens is 400 g/mol. The van der Waals surface area contributed by atoms with Gasteiger partial charge in [-0.3, -0.25) is 9.78 Å². The molecule has 148 valence electrons. The minimum absolute atomic E-state index is 0.288. The maximum atomic E-state index is 12.3. The highest BCUT2D eigenvalue weighted by atomic mass is 32.1. The highest BCUT2D eigenvalue weighted by Crippen LogP contribution is 2.56. The average Bonchev–Trinajstić information content (AvgIpc) is 3.20. The molecule has 4 aromatic heterocycles. The van der Waals surface area contributed by atoms with Crippen LogP contribution >= 0.6 is 11.3 Å². The largest absolute Gasteiger partial charge is 0.325 e. The van der Waals surface area contributed by atoms with Gasteiger partial charge in [-0.25, -0.2) is 19.3 Å². The fourth-order valence-corrected chi connectivity index (χ4v) is 4.95. The van der Waals surface area contributed by atoms with Crippen molar-refractivity contribution in [3.8, 4) is 11.3 Å². The van der Waals surface area contributed by atoms with Gasteiger partial charge in [-0.1, -0.05) is 6.07 Å². The number of imidazole rings is 1. The van der Waals surface area contributed by atoms with E-state index in [0.29, 0.717) is 17.2 Å². The average molecular weight is 416 g/mol. The standard InChI is InChI=1S/C21H16N6O2S/c1-10-24-17-6-11(2-3-18(17)30-10)12-7-13(12)14-8-16(26-27-5-4-22-19(14)27)15-9-23-21(29)25-20(15)28/h2-6,8-9,12-13H,7H2,1H3,(H2,23,25,28,29)/t12-,13+/m1/s1. The molecule has 0 saturated heterocycles. The van der Waals surface area contributed by atoms with Gasteiger partial charge in [0.1, 0.15) is 0 Å². The van der Waals surface area contributed by atoms with Gasteiger partial charge in [0.15, 0.2) is 5.65 Å². The Hall–Kier alpha value is -3.59. The van der Waals surface area contributed by atoms with Gasteiger partial charge in [-0.15, -0.1) is 11.3 Å². The zero-order valence-corrected chi connectivity index (χ0v) is 16.7. The maximum absolute atomic E-state index is 12.3. The van der Waals surface area contributed by atoms with Crippen molar-refractivity contribution in [1.29, 1.82) is 0 Å². The highest BCUT2D eigenvalue weighted by Gasteiger charge is 2.41. The third-order valence-electron chi connectivity index (χ3n) is 5.62. The summed E-state index contributed by atoms with van der Waals surface area (Å²) in [6.45, 7) is 2.02. The molecule has 5 aromatic rings. The number of nitrogens with zero attached hydrogens (tertiary/aromatic N) is 4. The SMILES string of the molecule is Cc1nc2cc([C@H]3C[C@@H]3c3cc(-c4c[nH]c(=O)[nH]c4=O)nn4ccnc34)ccc2s1. The van der Waals surface area contributed by atoms with Gasteiger partial charge >= 0.3 is 5.69 Å². The number of hydrogen-bond acceptors (Lipinski definition) is 6. The first kappa shape index (κ1) is 17.3. The molecule has 1 aromatic carbocycles. The second-order valence-electron chi connectivity index (χ2n) is 7.57. The molecule has 9 heteroatoms. The number of thiazole rings is 1. The molecule has 0 amide bonds. The Labute approximate surface area is 173 Å². The minimum atomic E-state index is -0.539. The van der Waals surface area contributed by atoms with Crippen LogP contribution in [0.25, 0.3) is 27.1 Å². The van der Waals surface area contributed by atoms with E-state index in [1.807, 2.05) is 13.0 Å². The summed E-state index contributed by atoms with van der Waals surface area (Å²) < 4.78 is 2.89. The van der Waals surface area contributed by atoms with Crippen LogP contribution in [-0.2, 0) is 0 Å². The topological polar surface area (TPSA) is 109 Å². The summed E-state index contributed by atoms with van der Waals surface area (Å²) in [6.07, 6.45) is 5.87. The number of fused-ring (bicyclic) bond motifs is 2. The number of aromatic nitrogens is 6. The molecule has 1 saturated carbocycles. The van der Waals surface area contributed by atoms with Gasteiger partial charge < -0.3 is 4.98 Å². The number of nitrogens with one attached hydrogen (secondary N) is 2. The van der Waals surface area contributed by atoms with Crippen LogP contribution in [0, 0.1) is 6.92 Å². The van der Waals surface area contributed by atoms with E-state index >= 15 is 0 Å². The Morgan fingerprint density at radius 3 is 2.97 bits per heavy atom. The summed E-state index contributed by atoms with van der Waals surface area (Å²) in [5.41, 5.74) is 3.97. The molecule has 0 spiro atoms. The fourth-order valence-electron chi connectivity index (χ4n) is 4.14. The van der Waals surface area contributed by atoms with Crippen LogP contribution in [0.4, 0.5) is 0 Å². The quantitative estimate of drug-likeness (QED) is 0.470.